The van der Waals surface area contributed by atoms with Gasteiger partial charge in [0, 0.05) is 58.4 Å². The zero-order valence-electron chi connectivity index (χ0n) is 17.7. The molecular weight excluding hydrogens is 420 g/mol. The Labute approximate surface area is 193 Å². The van der Waals surface area contributed by atoms with Gasteiger partial charge < -0.3 is 9.55 Å². The van der Waals surface area contributed by atoms with Crippen LogP contribution < -0.4 is 0 Å². The van der Waals surface area contributed by atoms with E-state index < -0.39 is 0 Å². The monoisotopic (exact) mass is 438 g/mol. The number of aromatic amines is 1. The summed E-state index contributed by atoms with van der Waals surface area (Å²) >= 11 is 1.89. The van der Waals surface area contributed by atoms with E-state index in [1.54, 1.807) is 0 Å². The molecule has 0 saturated carbocycles. The third kappa shape index (κ3) is 2.27. The van der Waals surface area contributed by atoms with Crippen LogP contribution in [0, 0.1) is 0 Å². The van der Waals surface area contributed by atoms with Crippen molar-refractivity contribution in [1.82, 2.24) is 9.55 Å². The number of para-hydroxylation sites is 3. The van der Waals surface area contributed by atoms with E-state index in [0.29, 0.717) is 0 Å². The van der Waals surface area contributed by atoms with E-state index in [-0.39, 0.29) is 0 Å². The van der Waals surface area contributed by atoms with Gasteiger partial charge in [0.2, 0.25) is 0 Å². The minimum Gasteiger partial charge on any atom is -0.354 e. The lowest BCUT2D eigenvalue weighted by Crippen LogP contribution is -1.93. The molecule has 0 unspecified atom stereocenters. The van der Waals surface area contributed by atoms with E-state index >= 15 is 0 Å². The first-order valence-corrected chi connectivity index (χ1v) is 12.0. The summed E-state index contributed by atoms with van der Waals surface area (Å²) in [6.07, 6.45) is 0. The Balaban J connectivity index is 1.48. The highest BCUT2D eigenvalue weighted by molar-refractivity contribution is 7.26. The van der Waals surface area contributed by atoms with Crippen molar-refractivity contribution in [3.63, 3.8) is 0 Å². The Kier molecular flexibility index (Phi) is 3.31. The Morgan fingerprint density at radius 1 is 0.545 bits per heavy atom. The van der Waals surface area contributed by atoms with Crippen LogP contribution in [0.3, 0.4) is 0 Å². The third-order valence-corrected chi connectivity index (χ3v) is 8.13. The van der Waals surface area contributed by atoms with Gasteiger partial charge in [-0.15, -0.1) is 11.3 Å². The van der Waals surface area contributed by atoms with Crippen LogP contribution >= 0.6 is 11.3 Å². The summed E-state index contributed by atoms with van der Waals surface area (Å²) in [5.41, 5.74) is 6.10. The number of nitrogens with one attached hydrogen (secondary N) is 1. The maximum atomic E-state index is 3.59. The number of H-pyrrole nitrogens is 1. The van der Waals surface area contributed by atoms with Gasteiger partial charge in [-0.05, 0) is 42.5 Å². The van der Waals surface area contributed by atoms with Crippen LogP contribution in [0.2, 0.25) is 0 Å². The Morgan fingerprint density at radius 2 is 1.24 bits per heavy atom. The second-order valence-electron chi connectivity index (χ2n) is 8.69. The lowest BCUT2D eigenvalue weighted by Gasteiger charge is -2.08. The zero-order chi connectivity index (χ0) is 21.5. The van der Waals surface area contributed by atoms with Crippen molar-refractivity contribution in [2.45, 2.75) is 0 Å². The highest BCUT2D eigenvalue weighted by atomic mass is 32.1. The Bertz CT molecular complexity index is 1980. The van der Waals surface area contributed by atoms with Crippen LogP contribution in [0.5, 0.6) is 0 Å². The second-order valence-corrected chi connectivity index (χ2v) is 9.74. The fraction of sp³-hybridized carbons (Fsp3) is 0. The van der Waals surface area contributed by atoms with E-state index in [2.05, 4.69) is 113 Å². The smallest absolute Gasteiger partial charge is 0.0541 e. The van der Waals surface area contributed by atoms with Crippen molar-refractivity contribution in [2.75, 3.05) is 0 Å². The quantitative estimate of drug-likeness (QED) is 0.264. The molecule has 0 atom stereocenters. The largest absolute Gasteiger partial charge is 0.354 e. The van der Waals surface area contributed by atoms with Crippen molar-refractivity contribution in [2.24, 2.45) is 0 Å². The molecule has 3 heteroatoms. The maximum absolute atomic E-state index is 3.59. The third-order valence-electron chi connectivity index (χ3n) is 6.93. The minimum absolute atomic E-state index is 1.20. The van der Waals surface area contributed by atoms with Gasteiger partial charge in [-0.2, -0.15) is 0 Å². The lowest BCUT2D eigenvalue weighted by atomic mass is 10.1. The normalized spacial score (nSPS) is 12.2. The molecule has 2 nitrogen and oxygen atoms in total. The average molecular weight is 439 g/mol. The second kappa shape index (κ2) is 6.25. The molecule has 0 aliphatic rings. The van der Waals surface area contributed by atoms with Gasteiger partial charge in [-0.25, -0.2) is 0 Å². The van der Waals surface area contributed by atoms with Crippen molar-refractivity contribution >= 4 is 75.1 Å². The number of nitrogens with zero attached hydrogens (tertiary/aromatic N) is 1. The number of aromatic nitrogens is 2. The van der Waals surface area contributed by atoms with E-state index in [0.717, 1.165) is 0 Å². The fourth-order valence-electron chi connectivity index (χ4n) is 5.49. The van der Waals surface area contributed by atoms with Crippen molar-refractivity contribution in [1.29, 1.82) is 0 Å². The lowest BCUT2D eigenvalue weighted by molar-refractivity contribution is 1.19. The molecule has 0 aliphatic heterocycles. The van der Waals surface area contributed by atoms with Crippen LogP contribution in [-0.4, -0.2) is 9.55 Å². The summed E-state index contributed by atoms with van der Waals surface area (Å²) in [5.74, 6) is 0. The van der Waals surface area contributed by atoms with Crippen LogP contribution in [0.4, 0.5) is 0 Å². The maximum Gasteiger partial charge on any atom is 0.0541 e. The molecule has 5 aromatic carbocycles. The number of fused-ring (bicyclic) bond motifs is 10. The van der Waals surface area contributed by atoms with Gasteiger partial charge in [0.1, 0.15) is 0 Å². The molecule has 0 bridgehead atoms. The fourth-order valence-corrected chi connectivity index (χ4v) is 6.74. The number of benzene rings is 5. The first kappa shape index (κ1) is 17.5. The molecule has 33 heavy (non-hydrogen) atoms. The molecular formula is C30H18N2S. The molecule has 8 aromatic rings. The van der Waals surface area contributed by atoms with Crippen LogP contribution in [0.15, 0.2) is 103 Å². The number of rotatable bonds is 1. The van der Waals surface area contributed by atoms with Crippen LogP contribution in [0.25, 0.3) is 69.5 Å². The predicted molar refractivity (Wildman–Crippen MR) is 143 cm³/mol. The molecule has 3 heterocycles. The molecule has 0 fully saturated rings. The standard InChI is InChI=1S/C30H18N2S/c1-4-10-24-22(9-1)29-25(31-24)15-14-21-23-17-18(13-16-28(23)33-30(21)29)32-26-11-5-2-7-19(26)20-8-3-6-12-27(20)32/h1-17,31H. The van der Waals surface area contributed by atoms with Gasteiger partial charge in [0.15, 0.2) is 0 Å². The molecule has 8 rings (SSSR count). The predicted octanol–water partition coefficient (Wildman–Crippen LogP) is 8.79. The SMILES string of the molecule is c1ccc2c(c1)[nH]c1ccc3c4cc(-n5c6ccccc6c6ccccc65)ccc4sc3c12. The first-order valence-electron chi connectivity index (χ1n) is 11.2. The summed E-state index contributed by atoms with van der Waals surface area (Å²) in [6.45, 7) is 0. The van der Waals surface area contributed by atoms with Gasteiger partial charge in [0.05, 0.1) is 11.0 Å². The summed E-state index contributed by atoms with van der Waals surface area (Å²) in [5, 5.41) is 7.87. The summed E-state index contributed by atoms with van der Waals surface area (Å²) in [4.78, 5) is 3.59. The molecule has 0 amide bonds. The van der Waals surface area contributed by atoms with Crippen molar-refractivity contribution in [3.8, 4) is 5.69 Å². The zero-order valence-corrected chi connectivity index (χ0v) is 18.5. The summed E-state index contributed by atoms with van der Waals surface area (Å²) in [6, 6.07) is 37.4. The molecule has 154 valence electrons. The minimum atomic E-state index is 1.20. The topological polar surface area (TPSA) is 20.7 Å². The molecule has 0 aliphatic carbocycles. The number of thiophene rings is 1. The van der Waals surface area contributed by atoms with Crippen molar-refractivity contribution in [3.05, 3.63) is 103 Å². The highest BCUT2D eigenvalue weighted by Gasteiger charge is 2.15. The van der Waals surface area contributed by atoms with Crippen molar-refractivity contribution < 1.29 is 0 Å². The van der Waals surface area contributed by atoms with E-state index in [9.17, 15) is 0 Å². The molecule has 0 saturated heterocycles. The van der Waals surface area contributed by atoms with E-state index in [1.807, 2.05) is 11.3 Å². The average Bonchev–Trinajstić information content (AvgIpc) is 3.52. The van der Waals surface area contributed by atoms with Crippen LogP contribution in [0.1, 0.15) is 0 Å². The summed E-state index contributed by atoms with van der Waals surface area (Å²) in [7, 11) is 0. The molecule has 3 aromatic heterocycles. The first-order chi connectivity index (χ1) is 16.4. The molecule has 1 N–H and O–H groups in total. The van der Waals surface area contributed by atoms with E-state index in [4.69, 9.17) is 0 Å². The Morgan fingerprint density at radius 3 is 2.03 bits per heavy atom. The van der Waals surface area contributed by atoms with Crippen LogP contribution in [-0.2, 0) is 0 Å². The summed E-state index contributed by atoms with van der Waals surface area (Å²) < 4.78 is 5.09. The number of hydrogen-bond donors (Lipinski definition) is 1. The van der Waals surface area contributed by atoms with E-state index in [1.165, 1.54) is 69.5 Å². The van der Waals surface area contributed by atoms with Gasteiger partial charge >= 0.3 is 0 Å². The molecule has 0 radical (unpaired) electrons. The number of hydrogen-bond acceptors (Lipinski definition) is 1. The van der Waals surface area contributed by atoms with Gasteiger partial charge in [-0.3, -0.25) is 0 Å². The highest BCUT2D eigenvalue weighted by Crippen LogP contribution is 2.42. The Hall–Kier alpha value is -4.08. The molecule has 0 spiro atoms. The van der Waals surface area contributed by atoms with Gasteiger partial charge in [-0.1, -0.05) is 60.7 Å². The van der Waals surface area contributed by atoms with Gasteiger partial charge in [0.25, 0.3) is 0 Å².